The fraction of sp³-hybridized carbons (Fsp3) is 0.250. The van der Waals surface area contributed by atoms with Crippen molar-refractivity contribution in [2.45, 2.75) is 19.4 Å². The maximum absolute atomic E-state index is 13.3. The summed E-state index contributed by atoms with van der Waals surface area (Å²) in [5.41, 5.74) is 1.46. The van der Waals surface area contributed by atoms with Gasteiger partial charge in [0.05, 0.1) is 12.7 Å². The maximum Gasteiger partial charge on any atom is 0.129 e. The van der Waals surface area contributed by atoms with Crippen molar-refractivity contribution in [2.24, 2.45) is 0 Å². The molecule has 0 aliphatic heterocycles. The van der Waals surface area contributed by atoms with Crippen LogP contribution in [-0.2, 0) is 0 Å². The molecule has 0 saturated carbocycles. The highest BCUT2D eigenvalue weighted by Crippen LogP contribution is 2.19. The zero-order valence-electron chi connectivity index (χ0n) is 10.8. The van der Waals surface area contributed by atoms with Crippen molar-refractivity contribution >= 4 is 0 Å². The molecule has 0 aliphatic carbocycles. The van der Waals surface area contributed by atoms with Crippen LogP contribution in [0.5, 0.6) is 5.75 Å². The van der Waals surface area contributed by atoms with E-state index in [2.05, 4.69) is 0 Å². The number of hydrogen-bond acceptors (Lipinski definition) is 2. The first-order valence-corrected chi connectivity index (χ1v) is 6.29. The van der Waals surface area contributed by atoms with Crippen molar-refractivity contribution in [2.75, 3.05) is 6.61 Å². The summed E-state index contributed by atoms with van der Waals surface area (Å²) in [6, 6.07) is 14.2. The molecule has 2 nitrogen and oxygen atoms in total. The Hall–Kier alpha value is -1.87. The van der Waals surface area contributed by atoms with E-state index in [1.807, 2.05) is 30.3 Å². The summed E-state index contributed by atoms with van der Waals surface area (Å²) in [5, 5.41) is 9.94. The molecule has 1 unspecified atom stereocenters. The van der Waals surface area contributed by atoms with Crippen molar-refractivity contribution in [3.63, 3.8) is 0 Å². The molecule has 2 rings (SSSR count). The molecule has 100 valence electrons. The summed E-state index contributed by atoms with van der Waals surface area (Å²) in [6.45, 7) is 2.05. The number of benzene rings is 2. The van der Waals surface area contributed by atoms with Crippen LogP contribution in [-0.4, -0.2) is 11.7 Å². The number of hydrogen-bond donors (Lipinski definition) is 1. The van der Waals surface area contributed by atoms with Crippen LogP contribution < -0.4 is 4.74 Å². The number of halogens is 1. The quantitative estimate of drug-likeness (QED) is 0.889. The highest BCUT2D eigenvalue weighted by atomic mass is 19.1. The van der Waals surface area contributed by atoms with Crippen molar-refractivity contribution in [1.29, 1.82) is 0 Å². The van der Waals surface area contributed by atoms with E-state index in [0.29, 0.717) is 24.3 Å². The van der Waals surface area contributed by atoms with Gasteiger partial charge in [-0.05, 0) is 24.1 Å². The van der Waals surface area contributed by atoms with Gasteiger partial charge in [-0.1, -0.05) is 36.4 Å². The summed E-state index contributed by atoms with van der Waals surface area (Å²) in [5.74, 6) is 0.212. The van der Waals surface area contributed by atoms with Crippen LogP contribution in [0.2, 0.25) is 0 Å². The van der Waals surface area contributed by atoms with Gasteiger partial charge in [0.2, 0.25) is 0 Å². The lowest BCUT2D eigenvalue weighted by Gasteiger charge is -2.12. The van der Waals surface area contributed by atoms with E-state index in [-0.39, 0.29) is 5.82 Å². The molecule has 3 heteroatoms. The third-order valence-electron chi connectivity index (χ3n) is 2.99. The van der Waals surface area contributed by atoms with Crippen LogP contribution >= 0.6 is 0 Å². The zero-order chi connectivity index (χ0) is 13.7. The van der Waals surface area contributed by atoms with E-state index in [4.69, 9.17) is 4.74 Å². The van der Waals surface area contributed by atoms with Crippen LogP contribution in [0.25, 0.3) is 0 Å². The smallest absolute Gasteiger partial charge is 0.129 e. The van der Waals surface area contributed by atoms with Gasteiger partial charge in [0.15, 0.2) is 0 Å². The van der Waals surface area contributed by atoms with Gasteiger partial charge in [-0.25, -0.2) is 4.39 Å². The second-order valence-electron chi connectivity index (χ2n) is 4.47. The minimum Gasteiger partial charge on any atom is -0.493 e. The molecule has 0 spiro atoms. The molecule has 2 aromatic carbocycles. The molecular formula is C16H17FO2. The van der Waals surface area contributed by atoms with Gasteiger partial charge in [-0.2, -0.15) is 0 Å². The number of aliphatic hydroxyl groups excluding tert-OH is 1. The summed E-state index contributed by atoms with van der Waals surface area (Å²) < 4.78 is 18.7. The Morgan fingerprint density at radius 1 is 1.16 bits per heavy atom. The second kappa shape index (κ2) is 6.34. The minimum atomic E-state index is -0.559. The molecule has 0 heterocycles. The average molecular weight is 260 g/mol. The predicted octanol–water partition coefficient (Wildman–Crippen LogP) is 3.64. The third kappa shape index (κ3) is 3.80. The van der Waals surface area contributed by atoms with Crippen molar-refractivity contribution in [3.05, 3.63) is 65.5 Å². The van der Waals surface area contributed by atoms with E-state index < -0.39 is 6.10 Å². The van der Waals surface area contributed by atoms with Gasteiger partial charge >= 0.3 is 0 Å². The Morgan fingerprint density at radius 2 is 1.89 bits per heavy atom. The SMILES string of the molecule is Cc1ccc(OCCC(O)c2ccccc2)cc1F. The Balaban J connectivity index is 1.85. The fourth-order valence-electron chi connectivity index (χ4n) is 1.79. The molecule has 0 radical (unpaired) electrons. The van der Waals surface area contributed by atoms with Crippen LogP contribution in [0.1, 0.15) is 23.7 Å². The highest BCUT2D eigenvalue weighted by molar-refractivity contribution is 5.28. The second-order valence-corrected chi connectivity index (χ2v) is 4.47. The number of aliphatic hydroxyl groups is 1. The molecule has 19 heavy (non-hydrogen) atoms. The lowest BCUT2D eigenvalue weighted by Crippen LogP contribution is -2.05. The summed E-state index contributed by atoms with van der Waals surface area (Å²) in [7, 11) is 0. The topological polar surface area (TPSA) is 29.5 Å². The van der Waals surface area contributed by atoms with Gasteiger partial charge in [-0.15, -0.1) is 0 Å². The fourth-order valence-corrected chi connectivity index (χ4v) is 1.79. The van der Waals surface area contributed by atoms with Crippen molar-refractivity contribution in [3.8, 4) is 5.75 Å². The Bertz CT molecular complexity index is 526. The van der Waals surface area contributed by atoms with Crippen LogP contribution in [0.3, 0.4) is 0 Å². The number of rotatable bonds is 5. The van der Waals surface area contributed by atoms with E-state index in [0.717, 1.165) is 5.56 Å². The molecule has 0 bridgehead atoms. The molecule has 1 atom stereocenters. The maximum atomic E-state index is 13.3. The largest absolute Gasteiger partial charge is 0.493 e. The van der Waals surface area contributed by atoms with E-state index >= 15 is 0 Å². The first kappa shape index (κ1) is 13.6. The molecule has 0 amide bonds. The van der Waals surface area contributed by atoms with Crippen LogP contribution in [0.15, 0.2) is 48.5 Å². The van der Waals surface area contributed by atoms with Crippen molar-refractivity contribution in [1.82, 2.24) is 0 Å². The van der Waals surface area contributed by atoms with Gasteiger partial charge in [0.1, 0.15) is 11.6 Å². The van der Waals surface area contributed by atoms with Gasteiger partial charge in [0.25, 0.3) is 0 Å². The monoisotopic (exact) mass is 260 g/mol. The first-order valence-electron chi connectivity index (χ1n) is 6.29. The Morgan fingerprint density at radius 3 is 2.58 bits per heavy atom. The zero-order valence-corrected chi connectivity index (χ0v) is 10.8. The molecule has 0 saturated heterocycles. The molecule has 2 aromatic rings. The Labute approximate surface area is 112 Å². The Kier molecular flexibility index (Phi) is 4.53. The standard InChI is InChI=1S/C16H17FO2/c1-12-7-8-14(11-15(12)17)19-10-9-16(18)13-5-3-2-4-6-13/h2-8,11,16,18H,9-10H2,1H3. The lowest BCUT2D eigenvalue weighted by atomic mass is 10.1. The van der Waals surface area contributed by atoms with Gasteiger partial charge < -0.3 is 9.84 Å². The molecular weight excluding hydrogens is 243 g/mol. The van der Waals surface area contributed by atoms with Crippen LogP contribution in [0.4, 0.5) is 4.39 Å². The third-order valence-corrected chi connectivity index (χ3v) is 2.99. The van der Waals surface area contributed by atoms with Gasteiger partial charge in [-0.3, -0.25) is 0 Å². The number of ether oxygens (including phenoxy) is 1. The summed E-state index contributed by atoms with van der Waals surface area (Å²) >= 11 is 0. The normalized spacial score (nSPS) is 12.2. The average Bonchev–Trinajstić information content (AvgIpc) is 2.43. The van der Waals surface area contributed by atoms with Crippen LogP contribution in [0, 0.1) is 12.7 Å². The lowest BCUT2D eigenvalue weighted by molar-refractivity contribution is 0.140. The van der Waals surface area contributed by atoms with E-state index in [1.54, 1.807) is 19.1 Å². The minimum absolute atomic E-state index is 0.277. The first-order chi connectivity index (χ1) is 9.16. The molecule has 0 aliphatic rings. The number of aryl methyl sites for hydroxylation is 1. The van der Waals surface area contributed by atoms with Crippen molar-refractivity contribution < 1.29 is 14.2 Å². The molecule has 1 N–H and O–H groups in total. The van der Waals surface area contributed by atoms with E-state index in [9.17, 15) is 9.50 Å². The predicted molar refractivity (Wildman–Crippen MR) is 72.7 cm³/mol. The van der Waals surface area contributed by atoms with Gasteiger partial charge in [0, 0.05) is 12.5 Å². The highest BCUT2D eigenvalue weighted by Gasteiger charge is 2.07. The summed E-state index contributed by atoms with van der Waals surface area (Å²) in [6.07, 6.45) is -0.0871. The molecule has 0 fully saturated rings. The van der Waals surface area contributed by atoms with E-state index in [1.165, 1.54) is 6.07 Å². The summed E-state index contributed by atoms with van der Waals surface area (Å²) in [4.78, 5) is 0. The molecule has 0 aromatic heterocycles.